The molecule has 1 aromatic heterocycles. The molecule has 19 heavy (non-hydrogen) atoms. The van der Waals surface area contributed by atoms with Crippen molar-refractivity contribution in [1.29, 1.82) is 0 Å². The van der Waals surface area contributed by atoms with Crippen LogP contribution in [0.4, 0.5) is 0 Å². The Morgan fingerprint density at radius 2 is 1.89 bits per heavy atom. The summed E-state index contributed by atoms with van der Waals surface area (Å²) in [5.74, 6) is 2.91. The van der Waals surface area contributed by atoms with Crippen molar-refractivity contribution in [2.75, 3.05) is 7.11 Å². The van der Waals surface area contributed by atoms with Crippen molar-refractivity contribution < 1.29 is 9.15 Å². The summed E-state index contributed by atoms with van der Waals surface area (Å²) in [6, 6.07) is 12.3. The first-order valence-electron chi connectivity index (χ1n) is 6.68. The Morgan fingerprint density at radius 3 is 2.58 bits per heavy atom. The summed E-state index contributed by atoms with van der Waals surface area (Å²) >= 11 is 0. The summed E-state index contributed by atoms with van der Waals surface area (Å²) in [6.07, 6.45) is 0.933. The van der Waals surface area contributed by atoms with Gasteiger partial charge >= 0.3 is 0 Å². The number of para-hydroxylation sites is 1. The molecular formula is C16H21NO2. The van der Waals surface area contributed by atoms with Crippen molar-refractivity contribution >= 4 is 0 Å². The molecule has 3 nitrogen and oxygen atoms in total. The van der Waals surface area contributed by atoms with Gasteiger partial charge in [0.1, 0.15) is 17.3 Å². The van der Waals surface area contributed by atoms with Gasteiger partial charge in [-0.2, -0.15) is 0 Å². The number of ether oxygens (including phenoxy) is 1. The predicted molar refractivity (Wildman–Crippen MR) is 76.3 cm³/mol. The SMILES string of the molecule is CCc1ccc(CN[C@H](C)c2ccccc2OC)o1. The lowest BCUT2D eigenvalue weighted by atomic mass is 10.1. The summed E-state index contributed by atoms with van der Waals surface area (Å²) < 4.78 is 11.1. The Hall–Kier alpha value is -1.74. The van der Waals surface area contributed by atoms with E-state index in [0.717, 1.165) is 35.8 Å². The zero-order valence-corrected chi connectivity index (χ0v) is 11.8. The number of methoxy groups -OCH3 is 1. The van der Waals surface area contributed by atoms with Crippen LogP contribution in [0, 0.1) is 0 Å². The number of hydrogen-bond donors (Lipinski definition) is 1. The minimum Gasteiger partial charge on any atom is -0.496 e. The number of aryl methyl sites for hydroxylation is 1. The fourth-order valence-corrected chi connectivity index (χ4v) is 2.10. The minimum absolute atomic E-state index is 0.214. The number of hydrogen-bond acceptors (Lipinski definition) is 3. The van der Waals surface area contributed by atoms with Gasteiger partial charge in [-0.05, 0) is 25.1 Å². The van der Waals surface area contributed by atoms with Gasteiger partial charge in [0.15, 0.2) is 0 Å². The molecule has 1 atom stereocenters. The molecule has 1 N–H and O–H groups in total. The molecule has 0 radical (unpaired) electrons. The minimum atomic E-state index is 0.214. The average Bonchev–Trinajstić information content (AvgIpc) is 2.92. The molecule has 0 aliphatic rings. The number of furan rings is 1. The molecule has 0 aliphatic carbocycles. The third kappa shape index (κ3) is 3.38. The van der Waals surface area contributed by atoms with Gasteiger partial charge in [-0.15, -0.1) is 0 Å². The maximum absolute atomic E-state index is 5.68. The first kappa shape index (κ1) is 13.7. The molecule has 0 amide bonds. The third-order valence-electron chi connectivity index (χ3n) is 3.25. The molecule has 0 fully saturated rings. The topological polar surface area (TPSA) is 34.4 Å². The highest BCUT2D eigenvalue weighted by atomic mass is 16.5. The van der Waals surface area contributed by atoms with E-state index in [9.17, 15) is 0 Å². The van der Waals surface area contributed by atoms with E-state index in [2.05, 4.69) is 25.2 Å². The lowest BCUT2D eigenvalue weighted by molar-refractivity contribution is 0.395. The quantitative estimate of drug-likeness (QED) is 0.859. The van der Waals surface area contributed by atoms with Crippen molar-refractivity contribution in [3.05, 3.63) is 53.5 Å². The maximum atomic E-state index is 5.68. The molecule has 1 heterocycles. The predicted octanol–water partition coefficient (Wildman–Crippen LogP) is 3.70. The van der Waals surface area contributed by atoms with E-state index in [-0.39, 0.29) is 6.04 Å². The van der Waals surface area contributed by atoms with Crippen molar-refractivity contribution in [3.8, 4) is 5.75 Å². The van der Waals surface area contributed by atoms with E-state index < -0.39 is 0 Å². The van der Waals surface area contributed by atoms with Crippen molar-refractivity contribution in [3.63, 3.8) is 0 Å². The largest absolute Gasteiger partial charge is 0.496 e. The van der Waals surface area contributed by atoms with E-state index in [1.165, 1.54) is 0 Å². The second-order valence-corrected chi connectivity index (χ2v) is 4.57. The Balaban J connectivity index is 1.98. The molecule has 0 saturated carbocycles. The fourth-order valence-electron chi connectivity index (χ4n) is 2.10. The van der Waals surface area contributed by atoms with Gasteiger partial charge in [0.2, 0.25) is 0 Å². The van der Waals surface area contributed by atoms with Crippen molar-refractivity contribution in [1.82, 2.24) is 5.32 Å². The van der Waals surface area contributed by atoms with Crippen LogP contribution in [-0.2, 0) is 13.0 Å². The molecule has 0 unspecified atom stereocenters. The average molecular weight is 259 g/mol. The zero-order chi connectivity index (χ0) is 13.7. The second kappa shape index (κ2) is 6.43. The molecule has 3 heteroatoms. The maximum Gasteiger partial charge on any atom is 0.123 e. The lowest BCUT2D eigenvalue weighted by Gasteiger charge is -2.16. The number of nitrogens with one attached hydrogen (secondary N) is 1. The van der Waals surface area contributed by atoms with Crippen LogP contribution in [0.2, 0.25) is 0 Å². The van der Waals surface area contributed by atoms with Gasteiger partial charge in [0.05, 0.1) is 13.7 Å². The van der Waals surface area contributed by atoms with Gasteiger partial charge in [0, 0.05) is 18.0 Å². The fraction of sp³-hybridized carbons (Fsp3) is 0.375. The standard InChI is InChI=1S/C16H21NO2/c1-4-13-9-10-14(19-13)11-17-12(2)15-7-5-6-8-16(15)18-3/h5-10,12,17H,4,11H2,1-3H3/t12-/m1/s1. The molecule has 0 aliphatic heterocycles. The van der Waals surface area contributed by atoms with Crippen LogP contribution >= 0.6 is 0 Å². The molecule has 1 aromatic carbocycles. The molecule has 2 aromatic rings. The Labute approximate surface area is 114 Å². The Kier molecular flexibility index (Phi) is 4.63. The van der Waals surface area contributed by atoms with E-state index in [0.29, 0.717) is 0 Å². The van der Waals surface area contributed by atoms with Gasteiger partial charge in [-0.25, -0.2) is 0 Å². The second-order valence-electron chi connectivity index (χ2n) is 4.57. The summed E-state index contributed by atoms with van der Waals surface area (Å²) in [4.78, 5) is 0. The van der Waals surface area contributed by atoms with E-state index in [1.54, 1.807) is 7.11 Å². The van der Waals surface area contributed by atoms with Crippen LogP contribution in [-0.4, -0.2) is 7.11 Å². The summed E-state index contributed by atoms with van der Waals surface area (Å²) in [5.41, 5.74) is 1.16. The third-order valence-corrected chi connectivity index (χ3v) is 3.25. The summed E-state index contributed by atoms with van der Waals surface area (Å²) in [5, 5.41) is 3.45. The molecule has 0 bridgehead atoms. The van der Waals surface area contributed by atoms with Crippen LogP contribution in [0.25, 0.3) is 0 Å². The van der Waals surface area contributed by atoms with Crippen LogP contribution in [0.3, 0.4) is 0 Å². The van der Waals surface area contributed by atoms with Crippen LogP contribution < -0.4 is 10.1 Å². The van der Waals surface area contributed by atoms with Crippen LogP contribution in [0.5, 0.6) is 5.75 Å². The summed E-state index contributed by atoms with van der Waals surface area (Å²) in [6.45, 7) is 4.94. The highest BCUT2D eigenvalue weighted by molar-refractivity contribution is 5.35. The first-order chi connectivity index (χ1) is 9.24. The van der Waals surface area contributed by atoms with Gasteiger partial charge in [-0.1, -0.05) is 25.1 Å². The van der Waals surface area contributed by atoms with Gasteiger partial charge in [-0.3, -0.25) is 0 Å². The van der Waals surface area contributed by atoms with Crippen LogP contribution in [0.1, 0.15) is 37.0 Å². The smallest absolute Gasteiger partial charge is 0.123 e. The van der Waals surface area contributed by atoms with E-state index in [4.69, 9.17) is 9.15 Å². The van der Waals surface area contributed by atoms with Crippen molar-refractivity contribution in [2.24, 2.45) is 0 Å². The number of benzene rings is 1. The van der Waals surface area contributed by atoms with E-state index in [1.807, 2.05) is 30.3 Å². The molecule has 102 valence electrons. The zero-order valence-electron chi connectivity index (χ0n) is 11.8. The Bertz CT molecular complexity index is 519. The van der Waals surface area contributed by atoms with Crippen molar-refractivity contribution in [2.45, 2.75) is 32.9 Å². The van der Waals surface area contributed by atoms with Gasteiger partial charge < -0.3 is 14.5 Å². The first-order valence-corrected chi connectivity index (χ1v) is 6.68. The van der Waals surface area contributed by atoms with Crippen LogP contribution in [0.15, 0.2) is 40.8 Å². The van der Waals surface area contributed by atoms with Gasteiger partial charge in [0.25, 0.3) is 0 Å². The highest BCUT2D eigenvalue weighted by Gasteiger charge is 2.11. The monoisotopic (exact) mass is 259 g/mol. The lowest BCUT2D eigenvalue weighted by Crippen LogP contribution is -2.18. The molecule has 0 saturated heterocycles. The molecule has 2 rings (SSSR count). The summed E-state index contributed by atoms with van der Waals surface area (Å²) in [7, 11) is 1.70. The molecule has 0 spiro atoms. The molecular weight excluding hydrogens is 238 g/mol. The highest BCUT2D eigenvalue weighted by Crippen LogP contribution is 2.24. The number of rotatable bonds is 6. The normalized spacial score (nSPS) is 12.4. The Morgan fingerprint density at radius 1 is 1.16 bits per heavy atom. The van der Waals surface area contributed by atoms with E-state index >= 15 is 0 Å².